The highest BCUT2D eigenvalue weighted by atomic mass is 16.6. The molecule has 0 bridgehead atoms. The fourth-order valence-electron chi connectivity index (χ4n) is 8.87. The van der Waals surface area contributed by atoms with Gasteiger partial charge in [0.15, 0.2) is 25.6 Å². The van der Waals surface area contributed by atoms with Crippen LogP contribution in [0.4, 0.5) is 0 Å². The lowest BCUT2D eigenvalue weighted by Gasteiger charge is -2.19. The molecule has 0 N–H and O–H groups in total. The predicted octanol–water partition coefficient (Wildman–Crippen LogP) is 28.6. The highest BCUT2D eigenvalue weighted by Gasteiger charge is 2.28. The fourth-order valence-corrected chi connectivity index (χ4v) is 8.87. The van der Waals surface area contributed by atoms with Crippen LogP contribution in [0.2, 0.25) is 0 Å². The third kappa shape index (κ3) is 177. The van der Waals surface area contributed by atoms with Crippen LogP contribution in [0.15, 0.2) is 0 Å². The van der Waals surface area contributed by atoms with E-state index >= 15 is 0 Å². The molecular weight excluding hydrogens is 1790 g/mol. The van der Waals surface area contributed by atoms with Crippen molar-refractivity contribution in [3.05, 3.63) is 0 Å². The van der Waals surface area contributed by atoms with E-state index in [1.807, 2.05) is 69.2 Å². The highest BCUT2D eigenvalue weighted by molar-refractivity contribution is 6.14. The first-order chi connectivity index (χ1) is 58.9. The topological polar surface area (TPSA) is 375 Å². The zero-order valence-electron chi connectivity index (χ0n) is 90.2. The van der Waals surface area contributed by atoms with E-state index in [0.29, 0.717) is 61.9 Å². The SMILES string of the molecule is C.C.C.C.C.C.C.C.C.C.CC(C)(C)CC(=O)CC(=O)CC(=O)CC(=O)CC(=O)C(C)(C)C.CC(C)(C)CC(=O)CC(=O)OCC(=O)CC(=O)OC(C)(C)C.CC(C)(C)CCCCCCCCCCC(C)(C)C.CC(C)(C)CCOC(=O)COC(=O)COC(=O)C(C)(C)C.CC(C)(C)CCOCCOCCOCC(C)(C)C.CCC.CCC(=O)CC(=O)OC.CCC(=O)OC.CCC(C)=O.CCCOC. The van der Waals surface area contributed by atoms with Crippen LogP contribution in [0.1, 0.15) is 497 Å². The Morgan fingerprint density at radius 1 is 0.250 bits per heavy atom. The summed E-state index contributed by atoms with van der Waals surface area (Å²) in [6.45, 7) is 77.0. The Morgan fingerprint density at radius 2 is 0.564 bits per heavy atom. The second-order valence-electron chi connectivity index (χ2n) is 43.6. The summed E-state index contributed by atoms with van der Waals surface area (Å²) in [6, 6.07) is 0. The first-order valence-corrected chi connectivity index (χ1v) is 46.8. The average Bonchev–Trinajstić information content (AvgIpc) is 0.898. The lowest BCUT2D eigenvalue weighted by atomic mass is 9.87. The van der Waals surface area contributed by atoms with Gasteiger partial charge in [0, 0.05) is 57.8 Å². The maximum atomic E-state index is 11.7. The molecule has 27 nitrogen and oxygen atoms in total. The molecule has 0 radical (unpaired) electrons. The van der Waals surface area contributed by atoms with E-state index in [1.165, 1.54) is 84.8 Å². The van der Waals surface area contributed by atoms with Gasteiger partial charge in [-0.15, -0.1) is 0 Å². The Balaban J connectivity index is -0.0000000657. The minimum Gasteiger partial charge on any atom is -0.469 e. The van der Waals surface area contributed by atoms with Crippen molar-refractivity contribution in [3.63, 3.8) is 0 Å². The molecule has 0 aromatic rings. The maximum Gasteiger partial charge on any atom is 0.344 e. The van der Waals surface area contributed by atoms with E-state index in [-0.39, 0.29) is 176 Å². The van der Waals surface area contributed by atoms with E-state index in [4.69, 9.17) is 37.9 Å². The van der Waals surface area contributed by atoms with Crippen LogP contribution in [0.3, 0.4) is 0 Å². The van der Waals surface area contributed by atoms with Gasteiger partial charge in [-0.3, -0.25) is 62.3 Å². The van der Waals surface area contributed by atoms with E-state index in [9.17, 15) is 76.7 Å². The van der Waals surface area contributed by atoms with Crippen molar-refractivity contribution in [2.45, 2.75) is 503 Å². The van der Waals surface area contributed by atoms with Crippen LogP contribution in [-0.2, 0) is 129 Å². The number of unbranched alkanes of at least 4 members (excludes halogenated alkanes) is 7. The second-order valence-corrected chi connectivity index (χ2v) is 43.6. The van der Waals surface area contributed by atoms with Gasteiger partial charge >= 0.3 is 41.8 Å². The number of ketones is 9. The summed E-state index contributed by atoms with van der Waals surface area (Å²) in [5.41, 5.74) is -0.683. The third-order valence-electron chi connectivity index (χ3n) is 16.0. The van der Waals surface area contributed by atoms with Gasteiger partial charge in [-0.05, 0) is 118 Å². The molecule has 0 aromatic carbocycles. The number of Topliss-reactive ketones (excluding diaryl/α,β-unsaturated/α-hetero) is 9. The Kier molecular flexibility index (Phi) is 133. The minimum absolute atomic E-state index is 0. The predicted molar refractivity (Wildman–Crippen MR) is 585 cm³/mol. The van der Waals surface area contributed by atoms with Crippen LogP contribution in [0.25, 0.3) is 0 Å². The number of ether oxygens (including phenoxy) is 11. The molecule has 0 amide bonds. The van der Waals surface area contributed by atoms with Crippen molar-refractivity contribution < 1.29 is 129 Å². The first-order valence-electron chi connectivity index (χ1n) is 46.8. The third-order valence-corrected chi connectivity index (χ3v) is 16.0. The van der Waals surface area contributed by atoms with E-state index in [1.54, 1.807) is 90.2 Å². The van der Waals surface area contributed by atoms with Crippen LogP contribution in [0, 0.1) is 48.7 Å². The van der Waals surface area contributed by atoms with Crippen molar-refractivity contribution >= 4 is 93.8 Å². The van der Waals surface area contributed by atoms with Gasteiger partial charge in [-0.25, -0.2) is 9.59 Å². The largest absolute Gasteiger partial charge is 0.469 e. The normalized spacial score (nSPS) is 10.5. The number of methoxy groups -OCH3 is 3. The van der Waals surface area contributed by atoms with E-state index < -0.39 is 114 Å². The molecule has 0 spiro atoms. The molecule has 0 unspecified atom stereocenters. The fraction of sp³-hybridized carbons (Fsp3) is 0.858. The molecule has 0 aliphatic carbocycles. The molecule has 0 atom stereocenters. The Bertz CT molecular complexity index is 2920. The summed E-state index contributed by atoms with van der Waals surface area (Å²) in [7, 11) is 4.36. The average molecular weight is 2030 g/mol. The molecule has 0 heterocycles. The lowest BCUT2D eigenvalue weighted by Crippen LogP contribution is -2.27. The molecule has 848 valence electrons. The van der Waals surface area contributed by atoms with Gasteiger partial charge in [0.25, 0.3) is 0 Å². The molecule has 0 aromatic heterocycles. The number of carbonyl (C=O) groups excluding carboxylic acids is 16. The summed E-state index contributed by atoms with van der Waals surface area (Å²) in [4.78, 5) is 179. The van der Waals surface area contributed by atoms with E-state index in [2.05, 4.69) is 118 Å². The van der Waals surface area contributed by atoms with E-state index in [0.717, 1.165) is 39.1 Å². The first kappa shape index (κ1) is 182. The summed E-state index contributed by atoms with van der Waals surface area (Å²) < 4.78 is 53.7. The molecule has 0 saturated heterocycles. The second kappa shape index (κ2) is 102. The van der Waals surface area contributed by atoms with Crippen molar-refractivity contribution in [1.82, 2.24) is 0 Å². The standard InChI is InChI=1S/C18H28O5.C18H38.C16H26O6.C15H26O6.C15H32O3.C6H10O3.C4H8O2.C4H10O.C4H8O.C3H8.10CH4/c1-17(2,3)11-15(22)9-13(20)7-12(19)8-14(21)10-16(23)18(4,5)6;1-17(2,3)15-13-11-9-7-8-10-12-14-16-18(4,5)6;1-15(2,3)9-11(17)7-13(19)21-10-12(18)8-14(20)22-16(4,5)6;1-14(2,3)7-8-19-11(16)9-20-12(17)10-21-13(18)15(4,5)6;1-14(2,3)7-8-16-9-10-17-11-12-18-13-15(4,5)6;1-3-5(7)4-6(8)9-2;1-3-4(5)6-2;1-3-4-5-2;1-3-4(2)5;1-3-2;;;;;;;;;;/h7-11H2,1-6H3;7-16H2,1-6H3;7-10H2,1-6H3;7-10H2,1-6H3;7-13H2,1-6H3;3-4H2,1-2H3;3H2,1-2H3;3-4H2,1-2H3;3H2,1-2H3;3H2,1-2H3;10*1H4. The zero-order chi connectivity index (χ0) is 104. The monoisotopic (exact) mass is 2020 g/mol. The number of carbonyl (C=O) groups is 16. The summed E-state index contributed by atoms with van der Waals surface area (Å²) in [5, 5.41) is 0. The molecule has 140 heavy (non-hydrogen) atoms. The van der Waals surface area contributed by atoms with Crippen molar-refractivity contribution in [1.29, 1.82) is 0 Å². The van der Waals surface area contributed by atoms with Gasteiger partial charge in [-0.1, -0.05) is 340 Å². The highest BCUT2D eigenvalue weighted by Crippen LogP contribution is 2.27. The molecule has 0 aliphatic heterocycles. The number of hydrogen-bond acceptors (Lipinski definition) is 27. The Hall–Kier alpha value is -6.84. The van der Waals surface area contributed by atoms with Gasteiger partial charge in [0.05, 0.1) is 85.0 Å². The summed E-state index contributed by atoms with van der Waals surface area (Å²) in [5.74, 6) is -6.50. The quantitative estimate of drug-likeness (QED) is 0.0236. The molecular formula is C113H234O27. The Morgan fingerprint density at radius 3 is 0.864 bits per heavy atom. The molecule has 27 heteroatoms. The number of hydrogen-bond donors (Lipinski definition) is 0. The number of esters is 7. The van der Waals surface area contributed by atoms with Crippen LogP contribution in [-0.4, -0.2) is 193 Å². The molecule has 0 saturated carbocycles. The minimum atomic E-state index is -0.777. The van der Waals surface area contributed by atoms with Crippen LogP contribution >= 0.6 is 0 Å². The van der Waals surface area contributed by atoms with Crippen molar-refractivity contribution in [2.24, 2.45) is 48.7 Å². The maximum absolute atomic E-state index is 11.7. The van der Waals surface area contributed by atoms with Gasteiger partial charge < -0.3 is 56.9 Å². The molecule has 0 rings (SSSR count). The van der Waals surface area contributed by atoms with Gasteiger partial charge in [-0.2, -0.15) is 0 Å². The van der Waals surface area contributed by atoms with Gasteiger partial charge in [0.2, 0.25) is 0 Å². The van der Waals surface area contributed by atoms with Crippen molar-refractivity contribution in [3.8, 4) is 0 Å². The van der Waals surface area contributed by atoms with Gasteiger partial charge in [0.1, 0.15) is 71.1 Å². The Labute approximate surface area is 864 Å². The molecule has 0 aliphatic rings. The van der Waals surface area contributed by atoms with Crippen LogP contribution in [0.5, 0.6) is 0 Å². The summed E-state index contributed by atoms with van der Waals surface area (Å²) in [6.07, 6.45) is 18.2. The number of rotatable bonds is 47. The lowest BCUT2D eigenvalue weighted by molar-refractivity contribution is -0.168. The smallest absolute Gasteiger partial charge is 0.344 e. The zero-order valence-corrected chi connectivity index (χ0v) is 90.2. The summed E-state index contributed by atoms with van der Waals surface area (Å²) >= 11 is 0. The van der Waals surface area contributed by atoms with Crippen LogP contribution < -0.4 is 0 Å². The van der Waals surface area contributed by atoms with Crippen molar-refractivity contribution in [2.75, 3.05) is 94.0 Å². The molecule has 0 fully saturated rings.